The number of amides is 1. The van der Waals surface area contributed by atoms with Crippen molar-refractivity contribution in [3.63, 3.8) is 0 Å². The summed E-state index contributed by atoms with van der Waals surface area (Å²) in [6, 6.07) is 0. The van der Waals surface area contributed by atoms with Crippen LogP contribution in [-0.2, 0) is 28.3 Å². The third-order valence-corrected chi connectivity index (χ3v) is 7.51. The van der Waals surface area contributed by atoms with Gasteiger partial charge in [-0.2, -0.15) is 0 Å². The second-order valence-corrected chi connectivity index (χ2v) is 10.4. The maximum absolute atomic E-state index is 12.2. The molecule has 30 heavy (non-hydrogen) atoms. The fourth-order valence-electron chi connectivity index (χ4n) is 2.71. The predicted molar refractivity (Wildman–Crippen MR) is 100 cm³/mol. The smallest absolute Gasteiger partial charge is 0.360 e. The van der Waals surface area contributed by atoms with Crippen molar-refractivity contribution in [2.45, 2.75) is 5.52 Å². The number of aliphatic carboxylic acids is 1. The summed E-state index contributed by atoms with van der Waals surface area (Å²) in [6.07, 6.45) is 0. The van der Waals surface area contributed by atoms with Gasteiger partial charge >= 0.3 is 21.2 Å². The van der Waals surface area contributed by atoms with Crippen molar-refractivity contribution >= 4 is 33.5 Å². The molecule has 0 aromatic rings. The van der Waals surface area contributed by atoms with E-state index in [0.29, 0.717) is 19.6 Å². The fraction of sp³-hybridized carbons (Fsp3) is 0.769. The molecule has 1 saturated heterocycles. The summed E-state index contributed by atoms with van der Waals surface area (Å²) in [7, 11) is -10.6. The monoisotopic (exact) mass is 476 g/mol. The predicted octanol–water partition coefficient (Wildman–Crippen LogP) is -3.12. The van der Waals surface area contributed by atoms with Gasteiger partial charge < -0.3 is 34.7 Å². The number of nitrogens with zero attached hydrogens (tertiary/aromatic N) is 3. The van der Waals surface area contributed by atoms with Crippen LogP contribution in [0.25, 0.3) is 0 Å². The second kappa shape index (κ2) is 11.8. The maximum Gasteiger partial charge on any atom is 0.360 e. The lowest BCUT2D eigenvalue weighted by atomic mass is 10.4. The SMILES string of the molecule is O=COCN1CCN(CC(=O)O)CCN(CC(=O)NC(P(=O)(O)O)P(=O)(O)O)CC1. The third-order valence-electron chi connectivity index (χ3n) is 4.18. The average Bonchev–Trinajstić information content (AvgIpc) is 2.68. The molecular weight excluding hydrogens is 450 g/mol. The van der Waals surface area contributed by atoms with E-state index in [-0.39, 0.29) is 39.4 Å². The number of carboxylic acid groups (broad SMARTS) is 1. The molecule has 1 fully saturated rings. The van der Waals surface area contributed by atoms with Gasteiger partial charge in [0.25, 0.3) is 6.47 Å². The lowest BCUT2D eigenvalue weighted by Crippen LogP contribution is -2.45. The van der Waals surface area contributed by atoms with Crippen LogP contribution >= 0.6 is 15.2 Å². The molecule has 1 aliphatic heterocycles. The highest BCUT2D eigenvalue weighted by molar-refractivity contribution is 7.70. The van der Waals surface area contributed by atoms with Gasteiger partial charge in [0.2, 0.25) is 11.4 Å². The minimum atomic E-state index is -5.32. The Morgan fingerprint density at radius 1 is 0.900 bits per heavy atom. The van der Waals surface area contributed by atoms with Crippen LogP contribution in [-0.4, -0.2) is 122 Å². The first kappa shape index (κ1) is 26.6. The van der Waals surface area contributed by atoms with E-state index in [9.17, 15) is 23.5 Å². The highest BCUT2D eigenvalue weighted by Gasteiger charge is 2.44. The zero-order chi connectivity index (χ0) is 22.9. The summed E-state index contributed by atoms with van der Waals surface area (Å²) < 4.78 is 27.3. The Balaban J connectivity index is 2.84. The van der Waals surface area contributed by atoms with Crippen LogP contribution in [0.5, 0.6) is 0 Å². The average molecular weight is 476 g/mol. The Morgan fingerprint density at radius 2 is 1.33 bits per heavy atom. The van der Waals surface area contributed by atoms with Gasteiger partial charge in [0.1, 0.15) is 6.73 Å². The molecule has 1 rings (SSSR count). The zero-order valence-electron chi connectivity index (χ0n) is 15.9. The van der Waals surface area contributed by atoms with E-state index in [1.165, 1.54) is 4.90 Å². The normalized spacial score (nSPS) is 18.3. The summed E-state index contributed by atoms with van der Waals surface area (Å²) in [5, 5.41) is 10.7. The molecule has 0 aromatic carbocycles. The lowest BCUT2D eigenvalue weighted by molar-refractivity contribution is -0.138. The molecule has 0 spiro atoms. The first-order valence-electron chi connectivity index (χ1n) is 8.67. The second-order valence-electron chi connectivity index (χ2n) is 6.58. The van der Waals surface area contributed by atoms with Gasteiger partial charge in [0, 0.05) is 39.3 Å². The molecule has 1 aliphatic rings. The van der Waals surface area contributed by atoms with Crippen molar-refractivity contribution in [1.82, 2.24) is 20.0 Å². The van der Waals surface area contributed by atoms with E-state index in [1.807, 2.05) is 0 Å². The Morgan fingerprint density at radius 3 is 1.73 bits per heavy atom. The molecule has 6 N–H and O–H groups in total. The van der Waals surface area contributed by atoms with Gasteiger partial charge in [-0.15, -0.1) is 0 Å². The molecule has 0 radical (unpaired) electrons. The van der Waals surface area contributed by atoms with E-state index in [1.54, 1.807) is 15.1 Å². The van der Waals surface area contributed by atoms with Crippen molar-refractivity contribution in [3.05, 3.63) is 0 Å². The van der Waals surface area contributed by atoms with Crippen LogP contribution in [0.4, 0.5) is 0 Å². The quantitative estimate of drug-likeness (QED) is 0.136. The molecule has 0 unspecified atom stereocenters. The number of hydrogen-bond acceptors (Lipinski definition) is 9. The molecule has 0 saturated carbocycles. The minimum absolute atomic E-state index is 0.0526. The minimum Gasteiger partial charge on any atom is -0.480 e. The molecule has 0 aliphatic carbocycles. The van der Waals surface area contributed by atoms with Crippen LogP contribution in [0.2, 0.25) is 0 Å². The number of rotatable bonds is 10. The van der Waals surface area contributed by atoms with Crippen molar-refractivity contribution in [2.75, 3.05) is 59.1 Å². The molecule has 15 nitrogen and oxygen atoms in total. The van der Waals surface area contributed by atoms with Gasteiger partial charge in [0.15, 0.2) is 0 Å². The highest BCUT2D eigenvalue weighted by atomic mass is 31.2. The van der Waals surface area contributed by atoms with E-state index in [4.69, 9.17) is 29.4 Å². The molecule has 0 bridgehead atoms. The third kappa shape index (κ3) is 10.1. The molecule has 17 heteroatoms. The van der Waals surface area contributed by atoms with Crippen molar-refractivity contribution in [3.8, 4) is 0 Å². The summed E-state index contributed by atoms with van der Waals surface area (Å²) in [5.74, 6) is -2.08. The Labute approximate surface area is 171 Å². The Hall–Kier alpha value is -1.41. The van der Waals surface area contributed by atoms with Crippen molar-refractivity contribution in [1.29, 1.82) is 0 Å². The number of carbonyl (C=O) groups is 3. The maximum atomic E-state index is 12.2. The van der Waals surface area contributed by atoms with E-state index in [2.05, 4.69) is 0 Å². The summed E-state index contributed by atoms with van der Waals surface area (Å²) in [5.41, 5.74) is -2.66. The van der Waals surface area contributed by atoms with Crippen LogP contribution in [0.3, 0.4) is 0 Å². The Kier molecular flexibility index (Phi) is 10.5. The van der Waals surface area contributed by atoms with E-state index in [0.717, 1.165) is 0 Å². The molecule has 1 heterocycles. The number of carboxylic acids is 1. The van der Waals surface area contributed by atoms with Crippen molar-refractivity contribution in [2.24, 2.45) is 0 Å². The van der Waals surface area contributed by atoms with E-state index >= 15 is 0 Å². The first-order chi connectivity index (χ1) is 13.8. The van der Waals surface area contributed by atoms with Crippen LogP contribution in [0, 0.1) is 0 Å². The topological polar surface area (TPSA) is 217 Å². The van der Waals surface area contributed by atoms with Crippen molar-refractivity contribution < 1.29 is 52.9 Å². The zero-order valence-corrected chi connectivity index (χ0v) is 17.7. The van der Waals surface area contributed by atoms with Gasteiger partial charge in [-0.25, -0.2) is 0 Å². The molecule has 174 valence electrons. The molecule has 0 aromatic heterocycles. The van der Waals surface area contributed by atoms with Crippen LogP contribution < -0.4 is 5.32 Å². The van der Waals surface area contributed by atoms with Crippen LogP contribution in [0.1, 0.15) is 0 Å². The highest BCUT2D eigenvalue weighted by Crippen LogP contribution is 2.58. The molecule has 1 amide bonds. The lowest BCUT2D eigenvalue weighted by Gasteiger charge is -2.26. The van der Waals surface area contributed by atoms with E-state index < -0.39 is 39.1 Å². The standard InChI is InChI=1S/C13H26N4O11P2/c18-10-28-9-17-5-3-15(1-2-16(4-6-17)8-12(20)21)7-11(19)14-13(29(22,23)24)30(25,26)27/h10,13H,1-9H2,(H,14,19)(H,20,21)(H2,22,23,24)(H2,25,26,27). The number of carbonyl (C=O) groups excluding carboxylic acids is 2. The number of nitrogens with one attached hydrogen (secondary N) is 1. The Bertz CT molecular complexity index is 675. The van der Waals surface area contributed by atoms with Gasteiger partial charge in [-0.05, 0) is 0 Å². The summed E-state index contributed by atoms with van der Waals surface area (Å²) in [6.45, 7) is 1.27. The van der Waals surface area contributed by atoms with Crippen LogP contribution in [0.15, 0.2) is 0 Å². The molecular formula is C13H26N4O11P2. The summed E-state index contributed by atoms with van der Waals surface area (Å²) >= 11 is 0. The first-order valence-corrected chi connectivity index (χ1v) is 12.0. The van der Waals surface area contributed by atoms with Gasteiger partial charge in [-0.1, -0.05) is 0 Å². The van der Waals surface area contributed by atoms with Gasteiger partial charge in [-0.3, -0.25) is 38.2 Å². The largest absolute Gasteiger partial charge is 0.480 e. The molecule has 0 atom stereocenters. The summed E-state index contributed by atoms with van der Waals surface area (Å²) in [4.78, 5) is 74.9. The number of ether oxygens (including phenoxy) is 1. The fourth-order valence-corrected chi connectivity index (χ4v) is 4.91. The number of hydrogen-bond donors (Lipinski definition) is 6. The van der Waals surface area contributed by atoms with Gasteiger partial charge in [0.05, 0.1) is 13.1 Å².